The van der Waals surface area contributed by atoms with Crippen LogP contribution in [-0.2, 0) is 0 Å². The van der Waals surface area contributed by atoms with Crippen molar-refractivity contribution in [2.45, 2.75) is 20.8 Å². The smallest absolute Gasteiger partial charge is 0.248 e. The molecular weight excluding hydrogens is 228 g/mol. The van der Waals surface area contributed by atoms with E-state index < -0.39 is 5.91 Å². The summed E-state index contributed by atoms with van der Waals surface area (Å²) in [7, 11) is 0. The van der Waals surface area contributed by atoms with Crippen molar-refractivity contribution in [1.29, 1.82) is 0 Å². The van der Waals surface area contributed by atoms with E-state index >= 15 is 0 Å². The zero-order valence-corrected chi connectivity index (χ0v) is 10.7. The highest BCUT2D eigenvalue weighted by Crippen LogP contribution is 2.22. The van der Waals surface area contributed by atoms with Crippen molar-refractivity contribution in [1.82, 2.24) is 9.78 Å². The molecule has 0 aliphatic heterocycles. The van der Waals surface area contributed by atoms with Gasteiger partial charge in [-0.2, -0.15) is 5.10 Å². The average Bonchev–Trinajstić information content (AvgIpc) is 2.57. The molecule has 18 heavy (non-hydrogen) atoms. The number of benzene rings is 1. The Morgan fingerprint density at radius 1 is 1.28 bits per heavy atom. The summed E-state index contributed by atoms with van der Waals surface area (Å²) in [5, 5.41) is 4.43. The number of rotatable bonds is 2. The van der Waals surface area contributed by atoms with Crippen LogP contribution in [0.3, 0.4) is 0 Å². The molecule has 0 spiro atoms. The van der Waals surface area contributed by atoms with Gasteiger partial charge in [0.2, 0.25) is 5.91 Å². The van der Waals surface area contributed by atoms with E-state index in [9.17, 15) is 4.79 Å². The number of carbonyl (C=O) groups is 1. The molecule has 1 heterocycles. The van der Waals surface area contributed by atoms with Crippen LogP contribution in [0.15, 0.2) is 18.2 Å². The van der Waals surface area contributed by atoms with Gasteiger partial charge in [-0.1, -0.05) is 0 Å². The molecule has 2 aromatic rings. The van der Waals surface area contributed by atoms with Gasteiger partial charge in [-0.25, -0.2) is 4.68 Å². The Morgan fingerprint density at radius 2 is 1.94 bits per heavy atom. The molecule has 1 amide bonds. The molecule has 94 valence electrons. The van der Waals surface area contributed by atoms with Crippen LogP contribution >= 0.6 is 0 Å². The van der Waals surface area contributed by atoms with E-state index in [4.69, 9.17) is 11.5 Å². The number of hydrogen-bond donors (Lipinski definition) is 2. The van der Waals surface area contributed by atoms with Crippen LogP contribution < -0.4 is 11.5 Å². The van der Waals surface area contributed by atoms with E-state index in [-0.39, 0.29) is 0 Å². The third kappa shape index (κ3) is 1.84. The van der Waals surface area contributed by atoms with Crippen molar-refractivity contribution in [2.75, 3.05) is 5.73 Å². The normalized spacial score (nSPS) is 10.6. The molecule has 0 saturated carbocycles. The molecule has 5 nitrogen and oxygen atoms in total. The lowest BCUT2D eigenvalue weighted by Crippen LogP contribution is -2.13. The molecule has 5 heteroatoms. The molecule has 1 aromatic carbocycles. The maximum absolute atomic E-state index is 11.2. The van der Waals surface area contributed by atoms with E-state index in [0.29, 0.717) is 16.9 Å². The highest BCUT2D eigenvalue weighted by molar-refractivity contribution is 5.94. The number of amides is 1. The summed E-state index contributed by atoms with van der Waals surface area (Å²) in [6.07, 6.45) is 0. The van der Waals surface area contributed by atoms with Gasteiger partial charge in [-0.15, -0.1) is 0 Å². The van der Waals surface area contributed by atoms with Crippen LogP contribution in [-0.4, -0.2) is 15.7 Å². The monoisotopic (exact) mass is 244 g/mol. The Balaban J connectivity index is 2.66. The molecular formula is C13H16N4O. The molecule has 0 fully saturated rings. The number of aromatic nitrogens is 2. The minimum atomic E-state index is -0.477. The summed E-state index contributed by atoms with van der Waals surface area (Å²) < 4.78 is 1.74. The molecule has 0 radical (unpaired) electrons. The fourth-order valence-corrected chi connectivity index (χ4v) is 1.84. The maximum atomic E-state index is 11.2. The minimum absolute atomic E-state index is 0.421. The first-order chi connectivity index (χ1) is 8.41. The lowest BCUT2D eigenvalue weighted by Gasteiger charge is -2.09. The minimum Gasteiger partial charge on any atom is -0.397 e. The van der Waals surface area contributed by atoms with Crippen molar-refractivity contribution in [2.24, 2.45) is 5.73 Å². The fourth-order valence-electron chi connectivity index (χ4n) is 1.84. The lowest BCUT2D eigenvalue weighted by atomic mass is 10.1. The van der Waals surface area contributed by atoms with Gasteiger partial charge in [-0.3, -0.25) is 4.79 Å². The highest BCUT2D eigenvalue weighted by Gasteiger charge is 2.13. The molecule has 0 aliphatic rings. The zero-order chi connectivity index (χ0) is 13.4. The first kappa shape index (κ1) is 12.2. The van der Waals surface area contributed by atoms with E-state index in [0.717, 1.165) is 17.0 Å². The number of carbonyl (C=O) groups excluding carboxylic acids is 1. The molecule has 0 atom stereocenters. The largest absolute Gasteiger partial charge is 0.397 e. The Hall–Kier alpha value is -2.30. The van der Waals surface area contributed by atoms with Crippen LogP contribution in [0, 0.1) is 20.8 Å². The topological polar surface area (TPSA) is 86.9 Å². The standard InChI is InChI=1S/C13H16N4O/c1-7-8(2)16-17(9(7)3)12-6-10(13(15)18)4-5-11(12)14/h4-6H,14H2,1-3H3,(H2,15,18). The average molecular weight is 244 g/mol. The predicted molar refractivity (Wildman–Crippen MR) is 70.7 cm³/mol. The number of nitrogens with two attached hydrogens (primary N) is 2. The van der Waals surface area contributed by atoms with E-state index in [1.165, 1.54) is 0 Å². The van der Waals surface area contributed by atoms with Gasteiger partial charge in [0.15, 0.2) is 0 Å². The Bertz CT molecular complexity index is 628. The number of nitrogen functional groups attached to an aromatic ring is 1. The molecule has 4 N–H and O–H groups in total. The van der Waals surface area contributed by atoms with Crippen LogP contribution in [0.2, 0.25) is 0 Å². The number of anilines is 1. The van der Waals surface area contributed by atoms with Gasteiger partial charge >= 0.3 is 0 Å². The molecule has 1 aromatic heterocycles. The van der Waals surface area contributed by atoms with Crippen molar-refractivity contribution in [3.05, 3.63) is 40.7 Å². The fraction of sp³-hybridized carbons (Fsp3) is 0.231. The summed E-state index contributed by atoms with van der Waals surface area (Å²) in [4.78, 5) is 11.2. The first-order valence-electron chi connectivity index (χ1n) is 5.64. The number of nitrogens with zero attached hydrogens (tertiary/aromatic N) is 2. The third-order valence-corrected chi connectivity index (χ3v) is 3.20. The molecule has 0 bridgehead atoms. The Morgan fingerprint density at radius 3 is 2.44 bits per heavy atom. The molecule has 0 unspecified atom stereocenters. The van der Waals surface area contributed by atoms with Crippen molar-refractivity contribution >= 4 is 11.6 Å². The summed E-state index contributed by atoms with van der Waals surface area (Å²) >= 11 is 0. The van der Waals surface area contributed by atoms with E-state index in [1.807, 2.05) is 20.8 Å². The SMILES string of the molecule is Cc1nn(-c2cc(C(N)=O)ccc2N)c(C)c1C. The van der Waals surface area contributed by atoms with Crippen molar-refractivity contribution in [3.63, 3.8) is 0 Å². The molecule has 2 rings (SSSR count). The number of hydrogen-bond acceptors (Lipinski definition) is 3. The first-order valence-corrected chi connectivity index (χ1v) is 5.64. The Kier molecular flexibility index (Phi) is 2.82. The highest BCUT2D eigenvalue weighted by atomic mass is 16.1. The van der Waals surface area contributed by atoms with Crippen molar-refractivity contribution < 1.29 is 4.79 Å². The lowest BCUT2D eigenvalue weighted by molar-refractivity contribution is 0.100. The quantitative estimate of drug-likeness (QED) is 0.784. The molecule has 0 aliphatic carbocycles. The van der Waals surface area contributed by atoms with Crippen LogP contribution in [0.1, 0.15) is 27.3 Å². The number of aryl methyl sites for hydroxylation is 1. The predicted octanol–water partition coefficient (Wildman–Crippen LogP) is 1.48. The van der Waals surface area contributed by atoms with Gasteiger partial charge in [0, 0.05) is 11.3 Å². The second-order valence-electron chi connectivity index (χ2n) is 4.35. The third-order valence-electron chi connectivity index (χ3n) is 3.20. The van der Waals surface area contributed by atoms with Gasteiger partial charge in [0.1, 0.15) is 0 Å². The van der Waals surface area contributed by atoms with Gasteiger partial charge in [0.05, 0.1) is 17.1 Å². The summed E-state index contributed by atoms with van der Waals surface area (Å²) in [6, 6.07) is 4.94. The van der Waals surface area contributed by atoms with Gasteiger partial charge in [0.25, 0.3) is 0 Å². The van der Waals surface area contributed by atoms with Crippen LogP contribution in [0.5, 0.6) is 0 Å². The second kappa shape index (κ2) is 4.18. The number of primary amides is 1. The zero-order valence-electron chi connectivity index (χ0n) is 10.7. The van der Waals surface area contributed by atoms with E-state index in [1.54, 1.807) is 22.9 Å². The van der Waals surface area contributed by atoms with Gasteiger partial charge < -0.3 is 11.5 Å². The van der Waals surface area contributed by atoms with Crippen LogP contribution in [0.4, 0.5) is 5.69 Å². The maximum Gasteiger partial charge on any atom is 0.248 e. The van der Waals surface area contributed by atoms with Gasteiger partial charge in [-0.05, 0) is 44.5 Å². The van der Waals surface area contributed by atoms with E-state index in [2.05, 4.69) is 5.10 Å². The summed E-state index contributed by atoms with van der Waals surface area (Å²) in [6.45, 7) is 5.90. The summed E-state index contributed by atoms with van der Waals surface area (Å²) in [5.41, 5.74) is 15.9. The second-order valence-corrected chi connectivity index (χ2v) is 4.35. The van der Waals surface area contributed by atoms with Crippen molar-refractivity contribution in [3.8, 4) is 5.69 Å². The summed E-state index contributed by atoms with van der Waals surface area (Å²) in [5.74, 6) is -0.477. The molecule has 0 saturated heterocycles. The van der Waals surface area contributed by atoms with Crippen LogP contribution in [0.25, 0.3) is 5.69 Å². The Labute approximate surface area is 105 Å².